The third kappa shape index (κ3) is 3.30. The first-order valence-electron chi connectivity index (χ1n) is 7.21. The molecule has 1 unspecified atom stereocenters. The standard InChI is InChI=1S/C16H18F2N2S/c1-9(2)14-8-21-16(20-14)15(19-11-4-5-11)12-7-10(17)3-6-13(12)18/h3,6-9,11,15,19H,4-5H2,1-2H3. The van der Waals surface area contributed by atoms with Crippen LogP contribution in [0.15, 0.2) is 23.6 Å². The highest BCUT2D eigenvalue weighted by atomic mass is 32.1. The summed E-state index contributed by atoms with van der Waals surface area (Å²) in [7, 11) is 0. The summed E-state index contributed by atoms with van der Waals surface area (Å²) in [6, 6.07) is 3.61. The summed E-state index contributed by atoms with van der Waals surface area (Å²) >= 11 is 1.50. The zero-order valence-corrected chi connectivity index (χ0v) is 12.9. The molecule has 0 saturated heterocycles. The lowest BCUT2D eigenvalue weighted by Gasteiger charge is -2.17. The number of hydrogen-bond acceptors (Lipinski definition) is 3. The highest BCUT2D eigenvalue weighted by molar-refractivity contribution is 7.09. The Balaban J connectivity index is 1.97. The number of nitrogens with zero attached hydrogens (tertiary/aromatic N) is 1. The Bertz CT molecular complexity index is 635. The van der Waals surface area contributed by atoms with E-state index in [-0.39, 0.29) is 6.04 Å². The van der Waals surface area contributed by atoms with Gasteiger partial charge in [0, 0.05) is 17.0 Å². The molecule has 1 N–H and O–H groups in total. The van der Waals surface area contributed by atoms with E-state index >= 15 is 0 Å². The molecule has 3 rings (SSSR count). The maximum atomic E-state index is 14.1. The van der Waals surface area contributed by atoms with Gasteiger partial charge in [0.2, 0.25) is 0 Å². The van der Waals surface area contributed by atoms with E-state index in [4.69, 9.17) is 0 Å². The maximum Gasteiger partial charge on any atom is 0.128 e. The van der Waals surface area contributed by atoms with Crippen molar-refractivity contribution in [2.75, 3.05) is 0 Å². The Labute approximate surface area is 127 Å². The molecule has 1 aromatic heterocycles. The number of benzene rings is 1. The molecular formula is C16H18F2N2S. The van der Waals surface area contributed by atoms with Crippen molar-refractivity contribution < 1.29 is 8.78 Å². The second kappa shape index (κ2) is 5.81. The van der Waals surface area contributed by atoms with Crippen LogP contribution in [-0.2, 0) is 0 Å². The molecule has 0 bridgehead atoms. The second-order valence-electron chi connectivity index (χ2n) is 5.81. The van der Waals surface area contributed by atoms with Crippen molar-refractivity contribution in [3.8, 4) is 0 Å². The molecule has 1 aliphatic rings. The molecule has 2 aromatic rings. The summed E-state index contributed by atoms with van der Waals surface area (Å²) in [6.07, 6.45) is 2.16. The van der Waals surface area contributed by atoms with Gasteiger partial charge >= 0.3 is 0 Å². The van der Waals surface area contributed by atoms with Gasteiger partial charge in [-0.15, -0.1) is 11.3 Å². The second-order valence-corrected chi connectivity index (χ2v) is 6.69. The summed E-state index contributed by atoms with van der Waals surface area (Å²) in [5.41, 5.74) is 1.33. The van der Waals surface area contributed by atoms with Gasteiger partial charge in [-0.1, -0.05) is 13.8 Å². The first-order valence-corrected chi connectivity index (χ1v) is 8.09. The minimum Gasteiger partial charge on any atom is -0.301 e. The van der Waals surface area contributed by atoms with Gasteiger partial charge in [0.05, 0.1) is 11.7 Å². The molecule has 0 radical (unpaired) electrons. The van der Waals surface area contributed by atoms with Crippen LogP contribution in [0.25, 0.3) is 0 Å². The lowest BCUT2D eigenvalue weighted by molar-refractivity contribution is 0.532. The number of halogens is 2. The molecule has 1 saturated carbocycles. The number of aromatic nitrogens is 1. The summed E-state index contributed by atoms with van der Waals surface area (Å²) in [4.78, 5) is 4.60. The van der Waals surface area contributed by atoms with Crippen molar-refractivity contribution in [3.05, 3.63) is 51.5 Å². The highest BCUT2D eigenvalue weighted by Gasteiger charge is 2.29. The lowest BCUT2D eigenvalue weighted by Crippen LogP contribution is -2.25. The van der Waals surface area contributed by atoms with Crippen LogP contribution in [0.2, 0.25) is 0 Å². The monoisotopic (exact) mass is 308 g/mol. The van der Waals surface area contributed by atoms with Gasteiger partial charge < -0.3 is 5.32 Å². The number of hydrogen-bond donors (Lipinski definition) is 1. The van der Waals surface area contributed by atoms with Crippen molar-refractivity contribution in [2.24, 2.45) is 0 Å². The maximum absolute atomic E-state index is 14.1. The van der Waals surface area contributed by atoms with Crippen LogP contribution in [-0.4, -0.2) is 11.0 Å². The topological polar surface area (TPSA) is 24.9 Å². The van der Waals surface area contributed by atoms with Crippen LogP contribution in [0, 0.1) is 11.6 Å². The summed E-state index contributed by atoms with van der Waals surface area (Å²) < 4.78 is 27.6. The minimum atomic E-state index is -0.422. The fourth-order valence-corrected chi connectivity index (χ4v) is 3.27. The van der Waals surface area contributed by atoms with Gasteiger partial charge in [0.15, 0.2) is 0 Å². The normalized spacial score (nSPS) is 16.4. The van der Waals surface area contributed by atoms with E-state index in [1.54, 1.807) is 0 Å². The first kappa shape index (κ1) is 14.6. The third-order valence-corrected chi connectivity index (χ3v) is 4.55. The molecule has 1 aliphatic carbocycles. The number of rotatable bonds is 5. The Morgan fingerprint density at radius 2 is 2.05 bits per heavy atom. The lowest BCUT2D eigenvalue weighted by atomic mass is 10.1. The quantitative estimate of drug-likeness (QED) is 0.886. The van der Waals surface area contributed by atoms with Crippen LogP contribution >= 0.6 is 11.3 Å². The zero-order valence-electron chi connectivity index (χ0n) is 12.1. The van der Waals surface area contributed by atoms with Crippen LogP contribution in [0.3, 0.4) is 0 Å². The predicted octanol–water partition coefficient (Wildman–Crippen LogP) is 4.39. The Hall–Kier alpha value is -1.33. The average molecular weight is 308 g/mol. The average Bonchev–Trinajstić information content (AvgIpc) is 3.12. The Kier molecular flexibility index (Phi) is 4.04. The van der Waals surface area contributed by atoms with E-state index < -0.39 is 11.6 Å². The Morgan fingerprint density at radius 1 is 1.29 bits per heavy atom. The number of thiazole rings is 1. The van der Waals surface area contributed by atoms with Crippen molar-refractivity contribution in [2.45, 2.75) is 44.7 Å². The van der Waals surface area contributed by atoms with Gasteiger partial charge in [-0.2, -0.15) is 0 Å². The fraction of sp³-hybridized carbons (Fsp3) is 0.438. The molecule has 21 heavy (non-hydrogen) atoms. The molecule has 5 heteroatoms. The smallest absolute Gasteiger partial charge is 0.128 e. The van der Waals surface area contributed by atoms with Gasteiger partial charge in [-0.05, 0) is 37.0 Å². The van der Waals surface area contributed by atoms with E-state index in [9.17, 15) is 8.78 Å². The molecule has 1 atom stereocenters. The van der Waals surface area contributed by atoms with E-state index in [2.05, 4.69) is 24.1 Å². The van der Waals surface area contributed by atoms with Gasteiger partial charge in [-0.25, -0.2) is 13.8 Å². The fourth-order valence-electron chi connectivity index (χ4n) is 2.21. The van der Waals surface area contributed by atoms with Crippen molar-refractivity contribution in [1.82, 2.24) is 10.3 Å². The molecule has 1 aromatic carbocycles. The van der Waals surface area contributed by atoms with Crippen molar-refractivity contribution >= 4 is 11.3 Å². The van der Waals surface area contributed by atoms with E-state index in [0.29, 0.717) is 17.5 Å². The summed E-state index contributed by atoms with van der Waals surface area (Å²) in [6.45, 7) is 4.15. The predicted molar refractivity (Wildman–Crippen MR) is 80.6 cm³/mol. The highest BCUT2D eigenvalue weighted by Crippen LogP contribution is 2.33. The van der Waals surface area contributed by atoms with Crippen LogP contribution in [0.4, 0.5) is 8.78 Å². The van der Waals surface area contributed by atoms with Crippen LogP contribution in [0.5, 0.6) is 0 Å². The molecule has 0 spiro atoms. The molecule has 0 amide bonds. The van der Waals surface area contributed by atoms with E-state index in [1.807, 2.05) is 5.38 Å². The molecule has 1 fully saturated rings. The van der Waals surface area contributed by atoms with Crippen LogP contribution < -0.4 is 5.32 Å². The number of nitrogens with one attached hydrogen (secondary N) is 1. The SMILES string of the molecule is CC(C)c1csc(C(NC2CC2)c2cc(F)ccc2F)n1. The van der Waals surface area contributed by atoms with Crippen molar-refractivity contribution in [1.29, 1.82) is 0 Å². The molecule has 112 valence electrons. The van der Waals surface area contributed by atoms with Gasteiger partial charge in [-0.3, -0.25) is 0 Å². The largest absolute Gasteiger partial charge is 0.301 e. The van der Waals surface area contributed by atoms with Crippen molar-refractivity contribution in [3.63, 3.8) is 0 Å². The van der Waals surface area contributed by atoms with Crippen LogP contribution in [0.1, 0.15) is 54.9 Å². The molecule has 0 aliphatic heterocycles. The van der Waals surface area contributed by atoms with E-state index in [1.165, 1.54) is 23.5 Å². The molecule has 2 nitrogen and oxygen atoms in total. The first-order chi connectivity index (χ1) is 10.0. The van der Waals surface area contributed by atoms with Gasteiger partial charge in [0.25, 0.3) is 0 Å². The summed E-state index contributed by atoms with van der Waals surface area (Å²) in [5, 5.41) is 6.18. The third-order valence-electron chi connectivity index (χ3n) is 3.63. The summed E-state index contributed by atoms with van der Waals surface area (Å²) in [5.74, 6) is -0.487. The molecular weight excluding hydrogens is 290 g/mol. The molecule has 1 heterocycles. The van der Waals surface area contributed by atoms with Gasteiger partial charge in [0.1, 0.15) is 16.6 Å². The van der Waals surface area contributed by atoms with E-state index in [0.717, 1.165) is 29.6 Å². The minimum absolute atomic E-state index is 0.328. The zero-order chi connectivity index (χ0) is 15.0. The Morgan fingerprint density at radius 3 is 2.67 bits per heavy atom.